The van der Waals surface area contributed by atoms with E-state index in [1.54, 1.807) is 4.90 Å². The molecular weight excluding hydrogens is 280 g/mol. The third kappa shape index (κ3) is 12.5. The molecule has 0 aliphatic rings. The number of ether oxygens (including phenoxy) is 1. The number of carbonyl (C=O) groups excluding carboxylic acids is 2. The Bertz CT molecular complexity index is 296. The van der Waals surface area contributed by atoms with E-state index in [4.69, 9.17) is 0 Å². The maximum absolute atomic E-state index is 11.8. The Labute approximate surface area is 135 Å². The number of hydrogen-bond acceptors (Lipinski definition) is 3. The molecule has 2 amide bonds. The van der Waals surface area contributed by atoms with Crippen molar-refractivity contribution in [1.29, 1.82) is 0 Å². The van der Waals surface area contributed by atoms with Crippen LogP contribution in [0.3, 0.4) is 0 Å². The highest BCUT2D eigenvalue weighted by molar-refractivity contribution is 5.73. The molecule has 5 heteroatoms. The van der Waals surface area contributed by atoms with Gasteiger partial charge in [0.1, 0.15) is 0 Å². The lowest BCUT2D eigenvalue weighted by Gasteiger charge is -2.17. The van der Waals surface area contributed by atoms with Crippen molar-refractivity contribution in [3.05, 3.63) is 0 Å². The summed E-state index contributed by atoms with van der Waals surface area (Å²) in [4.78, 5) is 24.5. The topological polar surface area (TPSA) is 58.6 Å². The number of methoxy groups -OCH3 is 1. The Morgan fingerprint density at radius 1 is 0.955 bits per heavy atom. The molecule has 0 aliphatic heterocycles. The predicted molar refractivity (Wildman–Crippen MR) is 89.9 cm³/mol. The van der Waals surface area contributed by atoms with E-state index in [0.717, 1.165) is 25.8 Å². The van der Waals surface area contributed by atoms with Crippen LogP contribution in [0.1, 0.15) is 71.1 Å². The first-order valence-corrected chi connectivity index (χ1v) is 8.67. The molecule has 0 bridgehead atoms. The molecule has 0 saturated heterocycles. The standard InChI is InChI=1S/C17H34N2O3/c1-4-5-6-7-8-9-12-15-19(2)17(21)18-14-11-10-13-16(20)22-3/h4-15H2,1-3H3,(H,18,21). The number of hydrogen-bond donors (Lipinski definition) is 1. The second kappa shape index (κ2) is 14.7. The fraction of sp³-hybridized carbons (Fsp3) is 0.882. The van der Waals surface area contributed by atoms with Gasteiger partial charge in [-0.25, -0.2) is 4.79 Å². The maximum Gasteiger partial charge on any atom is 0.317 e. The van der Waals surface area contributed by atoms with Crippen LogP contribution in [0.4, 0.5) is 4.79 Å². The monoisotopic (exact) mass is 314 g/mol. The van der Waals surface area contributed by atoms with Gasteiger partial charge in [0.15, 0.2) is 0 Å². The van der Waals surface area contributed by atoms with Crippen molar-refractivity contribution in [3.8, 4) is 0 Å². The summed E-state index contributed by atoms with van der Waals surface area (Å²) >= 11 is 0. The summed E-state index contributed by atoms with van der Waals surface area (Å²) in [5.74, 6) is -0.192. The Balaban J connectivity index is 3.45. The minimum Gasteiger partial charge on any atom is -0.469 e. The molecule has 0 aromatic rings. The largest absolute Gasteiger partial charge is 0.469 e. The molecule has 0 radical (unpaired) electrons. The number of esters is 1. The molecule has 0 heterocycles. The van der Waals surface area contributed by atoms with Crippen molar-refractivity contribution in [2.45, 2.75) is 71.1 Å². The number of unbranched alkanes of at least 4 members (excludes halogenated alkanes) is 7. The lowest BCUT2D eigenvalue weighted by Crippen LogP contribution is -2.38. The van der Waals surface area contributed by atoms with Crippen LogP contribution in [0.2, 0.25) is 0 Å². The van der Waals surface area contributed by atoms with E-state index in [2.05, 4.69) is 17.0 Å². The van der Waals surface area contributed by atoms with Crippen LogP contribution in [0.25, 0.3) is 0 Å². The molecule has 0 aromatic heterocycles. The van der Waals surface area contributed by atoms with Crippen LogP contribution >= 0.6 is 0 Å². The second-order valence-electron chi connectivity index (χ2n) is 5.81. The van der Waals surface area contributed by atoms with E-state index in [1.165, 1.54) is 45.6 Å². The summed E-state index contributed by atoms with van der Waals surface area (Å²) in [5.41, 5.74) is 0. The minimum atomic E-state index is -0.192. The Morgan fingerprint density at radius 3 is 2.23 bits per heavy atom. The molecule has 0 rings (SSSR count). The summed E-state index contributed by atoms with van der Waals surface area (Å²) < 4.78 is 4.57. The zero-order valence-electron chi connectivity index (χ0n) is 14.7. The highest BCUT2D eigenvalue weighted by Crippen LogP contribution is 2.07. The highest BCUT2D eigenvalue weighted by Gasteiger charge is 2.07. The van der Waals surface area contributed by atoms with Crippen molar-refractivity contribution in [2.75, 3.05) is 27.2 Å². The third-order valence-electron chi connectivity index (χ3n) is 3.76. The first kappa shape index (κ1) is 20.7. The summed E-state index contributed by atoms with van der Waals surface area (Å²) in [6.07, 6.45) is 10.7. The smallest absolute Gasteiger partial charge is 0.317 e. The van der Waals surface area contributed by atoms with Crippen LogP contribution in [0.15, 0.2) is 0 Å². The Kier molecular flexibility index (Phi) is 13.8. The van der Waals surface area contributed by atoms with E-state index in [-0.39, 0.29) is 12.0 Å². The first-order chi connectivity index (χ1) is 10.6. The number of nitrogens with one attached hydrogen (secondary N) is 1. The quantitative estimate of drug-likeness (QED) is 0.416. The van der Waals surface area contributed by atoms with Gasteiger partial charge < -0.3 is 15.0 Å². The molecule has 0 unspecified atom stereocenters. The van der Waals surface area contributed by atoms with E-state index < -0.39 is 0 Å². The molecule has 0 spiro atoms. The lowest BCUT2D eigenvalue weighted by molar-refractivity contribution is -0.140. The SMILES string of the molecule is CCCCCCCCCN(C)C(=O)NCCCCC(=O)OC. The Morgan fingerprint density at radius 2 is 1.59 bits per heavy atom. The van der Waals surface area contributed by atoms with Gasteiger partial charge >= 0.3 is 12.0 Å². The normalized spacial score (nSPS) is 10.3. The number of carbonyl (C=O) groups is 2. The predicted octanol–water partition coefficient (Wildman–Crippen LogP) is 3.72. The lowest BCUT2D eigenvalue weighted by atomic mass is 10.1. The molecule has 0 saturated carbocycles. The van der Waals surface area contributed by atoms with E-state index in [9.17, 15) is 9.59 Å². The van der Waals surface area contributed by atoms with Crippen molar-refractivity contribution in [2.24, 2.45) is 0 Å². The van der Waals surface area contributed by atoms with E-state index in [0.29, 0.717) is 13.0 Å². The van der Waals surface area contributed by atoms with Gasteiger partial charge in [0, 0.05) is 26.6 Å². The van der Waals surface area contributed by atoms with Gasteiger partial charge in [-0.1, -0.05) is 45.4 Å². The van der Waals surface area contributed by atoms with Gasteiger partial charge in [0.25, 0.3) is 0 Å². The third-order valence-corrected chi connectivity index (χ3v) is 3.76. The second-order valence-corrected chi connectivity index (χ2v) is 5.81. The molecule has 1 N–H and O–H groups in total. The zero-order chi connectivity index (χ0) is 16.6. The van der Waals surface area contributed by atoms with Crippen molar-refractivity contribution in [1.82, 2.24) is 10.2 Å². The van der Waals surface area contributed by atoms with Crippen LogP contribution in [-0.4, -0.2) is 44.1 Å². The van der Waals surface area contributed by atoms with E-state index >= 15 is 0 Å². The van der Waals surface area contributed by atoms with E-state index in [1.807, 2.05) is 7.05 Å². The number of urea groups is 1. The van der Waals surface area contributed by atoms with Gasteiger partial charge in [-0.05, 0) is 19.3 Å². The van der Waals surface area contributed by atoms with Crippen molar-refractivity contribution in [3.63, 3.8) is 0 Å². The summed E-state index contributed by atoms with van der Waals surface area (Å²) in [5, 5.41) is 2.88. The van der Waals surface area contributed by atoms with Gasteiger partial charge in [0.05, 0.1) is 7.11 Å². The Hall–Kier alpha value is -1.26. The summed E-state index contributed by atoms with van der Waals surface area (Å²) in [6.45, 7) is 3.64. The van der Waals surface area contributed by atoms with Crippen molar-refractivity contribution < 1.29 is 14.3 Å². The molecule has 5 nitrogen and oxygen atoms in total. The summed E-state index contributed by atoms with van der Waals surface area (Å²) in [7, 11) is 3.23. The fourth-order valence-electron chi connectivity index (χ4n) is 2.23. The molecule has 0 aromatic carbocycles. The van der Waals surface area contributed by atoms with Gasteiger partial charge in [-0.15, -0.1) is 0 Å². The minimum absolute atomic E-state index is 0.0240. The maximum atomic E-state index is 11.8. The van der Waals surface area contributed by atoms with Gasteiger partial charge in [0.2, 0.25) is 0 Å². The average Bonchev–Trinajstić information content (AvgIpc) is 2.52. The number of amides is 2. The number of rotatable bonds is 13. The molecule has 0 atom stereocenters. The van der Waals surface area contributed by atoms with Crippen LogP contribution in [-0.2, 0) is 9.53 Å². The molecule has 130 valence electrons. The van der Waals surface area contributed by atoms with Gasteiger partial charge in [-0.3, -0.25) is 4.79 Å². The van der Waals surface area contributed by atoms with Gasteiger partial charge in [-0.2, -0.15) is 0 Å². The molecule has 0 fully saturated rings. The van der Waals surface area contributed by atoms with Crippen LogP contribution in [0.5, 0.6) is 0 Å². The zero-order valence-corrected chi connectivity index (χ0v) is 14.7. The molecule has 22 heavy (non-hydrogen) atoms. The van der Waals surface area contributed by atoms with Crippen LogP contribution in [0, 0.1) is 0 Å². The fourth-order valence-corrected chi connectivity index (χ4v) is 2.23. The first-order valence-electron chi connectivity index (χ1n) is 8.67. The average molecular weight is 314 g/mol. The summed E-state index contributed by atoms with van der Waals surface area (Å²) in [6, 6.07) is -0.0240. The highest BCUT2D eigenvalue weighted by atomic mass is 16.5. The van der Waals surface area contributed by atoms with Crippen molar-refractivity contribution >= 4 is 12.0 Å². The molecular formula is C17H34N2O3. The molecule has 0 aliphatic carbocycles. The number of nitrogens with zero attached hydrogens (tertiary/aromatic N) is 1. The van der Waals surface area contributed by atoms with Crippen LogP contribution < -0.4 is 5.32 Å².